The van der Waals surface area contributed by atoms with Crippen molar-refractivity contribution < 1.29 is 24.6 Å². The van der Waals surface area contributed by atoms with Crippen LogP contribution < -0.4 is 0 Å². The van der Waals surface area contributed by atoms with Gasteiger partial charge in [0.25, 0.3) is 0 Å². The van der Waals surface area contributed by atoms with Crippen molar-refractivity contribution in [2.24, 2.45) is 23.7 Å². The lowest BCUT2D eigenvalue weighted by molar-refractivity contribution is -0.138. The van der Waals surface area contributed by atoms with Crippen LogP contribution in [0, 0.1) is 23.7 Å². The summed E-state index contributed by atoms with van der Waals surface area (Å²) in [4.78, 5) is 33.2. The van der Waals surface area contributed by atoms with Crippen LogP contribution in [0.25, 0.3) is 0 Å². The van der Waals surface area contributed by atoms with E-state index in [0.29, 0.717) is 55.8 Å². The van der Waals surface area contributed by atoms with Gasteiger partial charge < -0.3 is 10.2 Å². The molecule has 2 N–H and O–H groups in total. The van der Waals surface area contributed by atoms with Crippen molar-refractivity contribution in [3.63, 3.8) is 0 Å². The van der Waals surface area contributed by atoms with E-state index in [1.165, 1.54) is 0 Å². The van der Waals surface area contributed by atoms with E-state index in [0.717, 1.165) is 12.8 Å². The van der Waals surface area contributed by atoms with Crippen molar-refractivity contribution in [2.75, 3.05) is 0 Å². The summed E-state index contributed by atoms with van der Waals surface area (Å²) < 4.78 is 0. The third kappa shape index (κ3) is 7.14. The molecule has 1 aliphatic carbocycles. The van der Waals surface area contributed by atoms with Gasteiger partial charge in [-0.25, -0.2) is 0 Å². The SMILES string of the molecule is C[C@@H]1C[C@H](C)[C@H](CCC(=O)O)[C@H]1CCC(=O)CCCCC(=O)O. The Labute approximate surface area is 138 Å². The number of hydrogen-bond donors (Lipinski definition) is 2. The Bertz CT molecular complexity index is 418. The van der Waals surface area contributed by atoms with Gasteiger partial charge in [-0.2, -0.15) is 0 Å². The molecule has 5 heteroatoms. The summed E-state index contributed by atoms with van der Waals surface area (Å²) in [6, 6.07) is 0. The van der Waals surface area contributed by atoms with E-state index < -0.39 is 11.9 Å². The van der Waals surface area contributed by atoms with Gasteiger partial charge in [0.2, 0.25) is 0 Å². The zero-order chi connectivity index (χ0) is 17.4. The molecule has 23 heavy (non-hydrogen) atoms. The Kier molecular flexibility index (Phi) is 8.28. The lowest BCUT2D eigenvalue weighted by Crippen LogP contribution is -2.18. The molecule has 5 nitrogen and oxygen atoms in total. The lowest BCUT2D eigenvalue weighted by atomic mass is 9.81. The molecule has 0 spiro atoms. The maximum atomic E-state index is 12.0. The first-order chi connectivity index (χ1) is 10.8. The topological polar surface area (TPSA) is 91.7 Å². The minimum absolute atomic E-state index is 0.127. The predicted octanol–water partition coefficient (Wildman–Crippen LogP) is 3.75. The molecular formula is C18H30O5. The number of carboxylic acid groups (broad SMARTS) is 2. The van der Waals surface area contributed by atoms with Crippen molar-refractivity contribution in [1.29, 1.82) is 0 Å². The van der Waals surface area contributed by atoms with E-state index in [-0.39, 0.29) is 18.6 Å². The molecular weight excluding hydrogens is 296 g/mol. The molecule has 0 heterocycles. The van der Waals surface area contributed by atoms with Crippen LogP contribution in [0.5, 0.6) is 0 Å². The molecule has 1 fully saturated rings. The summed E-state index contributed by atoms with van der Waals surface area (Å²) in [5, 5.41) is 17.5. The maximum Gasteiger partial charge on any atom is 0.303 e. The predicted molar refractivity (Wildman–Crippen MR) is 87.1 cm³/mol. The number of Topliss-reactive ketones (excluding diaryl/α,β-unsaturated/α-hetero) is 1. The third-order valence-electron chi connectivity index (χ3n) is 5.30. The largest absolute Gasteiger partial charge is 0.481 e. The number of aliphatic carboxylic acids is 2. The third-order valence-corrected chi connectivity index (χ3v) is 5.30. The van der Waals surface area contributed by atoms with E-state index >= 15 is 0 Å². The highest BCUT2D eigenvalue weighted by Gasteiger charge is 2.38. The molecule has 0 aliphatic heterocycles. The van der Waals surface area contributed by atoms with E-state index in [1.807, 2.05) is 0 Å². The van der Waals surface area contributed by atoms with E-state index in [1.54, 1.807) is 0 Å². The molecule has 0 aromatic heterocycles. The van der Waals surface area contributed by atoms with Crippen molar-refractivity contribution in [3.8, 4) is 0 Å². The van der Waals surface area contributed by atoms with Crippen molar-refractivity contribution in [3.05, 3.63) is 0 Å². The van der Waals surface area contributed by atoms with Crippen molar-refractivity contribution in [1.82, 2.24) is 0 Å². The minimum atomic E-state index is -0.813. The molecule has 0 unspecified atom stereocenters. The standard InChI is InChI=1S/C18H30O5/c1-12-11-13(2)16(9-10-18(22)23)15(12)8-7-14(19)5-3-4-6-17(20)21/h12-13,15-16H,3-11H2,1-2H3,(H,20,21)(H,22,23)/t12-,13+,15+,16+/m1/s1. The number of rotatable bonds is 11. The molecule has 0 saturated heterocycles. The van der Waals surface area contributed by atoms with Gasteiger partial charge in [-0.15, -0.1) is 0 Å². The van der Waals surface area contributed by atoms with Crippen LogP contribution in [0.2, 0.25) is 0 Å². The highest BCUT2D eigenvalue weighted by Crippen LogP contribution is 2.45. The summed E-state index contributed by atoms with van der Waals surface area (Å²) in [7, 11) is 0. The fourth-order valence-corrected chi connectivity index (χ4v) is 4.12. The van der Waals surface area contributed by atoms with Crippen LogP contribution in [0.15, 0.2) is 0 Å². The molecule has 0 aromatic rings. The maximum absolute atomic E-state index is 12.0. The number of carbonyl (C=O) groups is 3. The van der Waals surface area contributed by atoms with E-state index in [4.69, 9.17) is 10.2 Å². The lowest BCUT2D eigenvalue weighted by Gasteiger charge is -2.24. The van der Waals surface area contributed by atoms with Gasteiger partial charge in [-0.1, -0.05) is 13.8 Å². The van der Waals surface area contributed by atoms with Crippen LogP contribution in [0.4, 0.5) is 0 Å². The average molecular weight is 326 g/mol. The highest BCUT2D eigenvalue weighted by atomic mass is 16.4. The smallest absolute Gasteiger partial charge is 0.303 e. The van der Waals surface area contributed by atoms with Gasteiger partial charge in [-0.3, -0.25) is 14.4 Å². The Hall–Kier alpha value is -1.39. The normalized spacial score (nSPS) is 27.0. The highest BCUT2D eigenvalue weighted by molar-refractivity contribution is 5.78. The molecule has 1 saturated carbocycles. The van der Waals surface area contributed by atoms with Gasteiger partial charge in [0.05, 0.1) is 0 Å². The summed E-state index contributed by atoms with van der Waals surface area (Å²) in [5.41, 5.74) is 0. The second-order valence-corrected chi connectivity index (χ2v) is 7.13. The van der Waals surface area contributed by atoms with Gasteiger partial charge in [0, 0.05) is 25.7 Å². The number of unbranched alkanes of at least 4 members (excludes halogenated alkanes) is 1. The molecule has 0 aromatic carbocycles. The Balaban J connectivity index is 2.36. The van der Waals surface area contributed by atoms with Crippen LogP contribution in [0.3, 0.4) is 0 Å². The van der Waals surface area contributed by atoms with Gasteiger partial charge in [0.1, 0.15) is 5.78 Å². The van der Waals surface area contributed by atoms with E-state index in [9.17, 15) is 14.4 Å². The first-order valence-corrected chi connectivity index (χ1v) is 8.76. The van der Waals surface area contributed by atoms with Crippen molar-refractivity contribution in [2.45, 2.75) is 71.6 Å². The van der Waals surface area contributed by atoms with Gasteiger partial charge in [-0.05, 0) is 55.8 Å². The summed E-state index contributed by atoms with van der Waals surface area (Å²) >= 11 is 0. The molecule has 132 valence electrons. The average Bonchev–Trinajstić information content (AvgIpc) is 2.72. The van der Waals surface area contributed by atoms with Crippen molar-refractivity contribution >= 4 is 17.7 Å². The summed E-state index contributed by atoms with van der Waals surface area (Å²) in [5.74, 6) is 0.563. The molecule has 0 bridgehead atoms. The first kappa shape index (κ1) is 19.7. The van der Waals surface area contributed by atoms with Crippen LogP contribution in [-0.2, 0) is 14.4 Å². The second-order valence-electron chi connectivity index (χ2n) is 7.13. The number of hydrogen-bond acceptors (Lipinski definition) is 3. The molecule has 4 atom stereocenters. The fourth-order valence-electron chi connectivity index (χ4n) is 4.12. The second kappa shape index (κ2) is 9.68. The zero-order valence-corrected chi connectivity index (χ0v) is 14.3. The van der Waals surface area contributed by atoms with Crippen LogP contribution >= 0.6 is 0 Å². The van der Waals surface area contributed by atoms with E-state index in [2.05, 4.69) is 13.8 Å². The molecule has 1 aliphatic rings. The fraction of sp³-hybridized carbons (Fsp3) is 0.833. The quantitative estimate of drug-likeness (QED) is 0.564. The minimum Gasteiger partial charge on any atom is -0.481 e. The first-order valence-electron chi connectivity index (χ1n) is 8.76. The Morgan fingerprint density at radius 1 is 0.783 bits per heavy atom. The van der Waals surface area contributed by atoms with Crippen LogP contribution in [0.1, 0.15) is 71.6 Å². The molecule has 0 amide bonds. The monoisotopic (exact) mass is 326 g/mol. The Morgan fingerprint density at radius 3 is 1.78 bits per heavy atom. The molecule has 0 radical (unpaired) electrons. The summed E-state index contributed by atoms with van der Waals surface area (Å²) in [6.45, 7) is 4.40. The number of carbonyl (C=O) groups excluding carboxylic acids is 1. The van der Waals surface area contributed by atoms with Gasteiger partial charge >= 0.3 is 11.9 Å². The van der Waals surface area contributed by atoms with Gasteiger partial charge in [0.15, 0.2) is 0 Å². The summed E-state index contributed by atoms with van der Waals surface area (Å²) in [6.07, 6.45) is 5.20. The zero-order valence-electron chi connectivity index (χ0n) is 14.3. The van der Waals surface area contributed by atoms with Crippen LogP contribution in [-0.4, -0.2) is 27.9 Å². The number of ketones is 1. The number of carboxylic acids is 2. The Morgan fingerprint density at radius 2 is 1.26 bits per heavy atom. The molecule has 1 rings (SSSR count).